The highest BCUT2D eigenvalue weighted by Crippen LogP contribution is 2.16. The van der Waals surface area contributed by atoms with Crippen molar-refractivity contribution >= 4 is 11.2 Å². The van der Waals surface area contributed by atoms with Gasteiger partial charge in [0.15, 0.2) is 5.52 Å². The summed E-state index contributed by atoms with van der Waals surface area (Å²) in [4.78, 5) is 7.88. The number of hydrogen-bond donors (Lipinski definition) is 1. The van der Waals surface area contributed by atoms with E-state index in [0.29, 0.717) is 17.0 Å². The average molecular weight is 179 g/mol. The first-order valence-electron chi connectivity index (χ1n) is 3.95. The quantitative estimate of drug-likeness (QED) is 0.727. The van der Waals surface area contributed by atoms with Crippen LogP contribution in [0.2, 0.25) is 0 Å². The van der Waals surface area contributed by atoms with Gasteiger partial charge in [-0.3, -0.25) is 0 Å². The molecule has 13 heavy (non-hydrogen) atoms. The molecule has 0 bridgehead atoms. The molecule has 0 saturated carbocycles. The Hall–Kier alpha value is -1.72. The van der Waals surface area contributed by atoms with E-state index < -0.39 is 0 Å². The van der Waals surface area contributed by atoms with Gasteiger partial charge in [0.1, 0.15) is 6.33 Å². The van der Waals surface area contributed by atoms with Crippen molar-refractivity contribution in [2.45, 2.75) is 20.0 Å². The number of hydrogen-bond acceptors (Lipinski definition) is 5. The average Bonchev–Trinajstić information content (AvgIpc) is 2.51. The van der Waals surface area contributed by atoms with Crippen LogP contribution in [0.5, 0.6) is 5.88 Å². The molecule has 2 heterocycles. The van der Waals surface area contributed by atoms with Crippen LogP contribution in [0.4, 0.5) is 0 Å². The van der Waals surface area contributed by atoms with Gasteiger partial charge in [-0.1, -0.05) is 0 Å². The fourth-order valence-corrected chi connectivity index (χ4v) is 0.965. The van der Waals surface area contributed by atoms with Gasteiger partial charge in [0.25, 0.3) is 0 Å². The molecule has 0 radical (unpaired) electrons. The second-order valence-electron chi connectivity index (χ2n) is 2.84. The van der Waals surface area contributed by atoms with Crippen LogP contribution in [0.1, 0.15) is 13.8 Å². The Morgan fingerprint density at radius 3 is 2.92 bits per heavy atom. The second-order valence-corrected chi connectivity index (χ2v) is 2.84. The number of fused-ring (bicyclic) bond motifs is 1. The van der Waals surface area contributed by atoms with Crippen molar-refractivity contribution in [2.24, 2.45) is 0 Å². The Morgan fingerprint density at radius 1 is 1.31 bits per heavy atom. The number of nitrogens with one attached hydrogen (secondary N) is 1. The van der Waals surface area contributed by atoms with E-state index in [4.69, 9.17) is 4.74 Å². The van der Waals surface area contributed by atoms with E-state index in [-0.39, 0.29) is 6.10 Å². The molecule has 1 N–H and O–H groups in total. The summed E-state index contributed by atoms with van der Waals surface area (Å²) in [7, 11) is 0. The SMILES string of the molecule is CC(C)Oc1ncnc2n[nH]nc12. The predicted octanol–water partition coefficient (Wildman–Crippen LogP) is 0.535. The topological polar surface area (TPSA) is 76.6 Å². The molecule has 0 aliphatic rings. The molecule has 0 unspecified atom stereocenters. The third kappa shape index (κ3) is 1.42. The fraction of sp³-hybridized carbons (Fsp3) is 0.429. The van der Waals surface area contributed by atoms with Crippen LogP contribution in [0, 0.1) is 0 Å². The van der Waals surface area contributed by atoms with E-state index in [1.807, 2.05) is 13.8 Å². The number of H-pyrrole nitrogens is 1. The molecule has 6 heteroatoms. The summed E-state index contributed by atoms with van der Waals surface area (Å²) < 4.78 is 5.41. The number of aromatic amines is 1. The summed E-state index contributed by atoms with van der Waals surface area (Å²) in [6.07, 6.45) is 1.47. The Kier molecular flexibility index (Phi) is 1.80. The van der Waals surface area contributed by atoms with Gasteiger partial charge >= 0.3 is 0 Å². The van der Waals surface area contributed by atoms with Gasteiger partial charge in [0, 0.05) is 0 Å². The molecule has 2 aromatic heterocycles. The predicted molar refractivity (Wildman–Crippen MR) is 45.2 cm³/mol. The number of nitrogens with zero attached hydrogens (tertiary/aromatic N) is 4. The molecule has 6 nitrogen and oxygen atoms in total. The van der Waals surface area contributed by atoms with E-state index >= 15 is 0 Å². The van der Waals surface area contributed by atoms with Gasteiger partial charge in [-0.15, -0.1) is 10.2 Å². The van der Waals surface area contributed by atoms with E-state index in [2.05, 4.69) is 25.4 Å². The molecule has 68 valence electrons. The second kappa shape index (κ2) is 2.96. The van der Waals surface area contributed by atoms with Crippen LogP contribution in [0.15, 0.2) is 6.33 Å². The van der Waals surface area contributed by atoms with Gasteiger partial charge in [-0.05, 0) is 13.8 Å². The van der Waals surface area contributed by atoms with E-state index in [1.165, 1.54) is 6.33 Å². The lowest BCUT2D eigenvalue weighted by atomic mass is 10.4. The standard InChI is InChI=1S/C7H9N5O/c1-4(2)13-7-5-6(8-3-9-7)11-12-10-5/h3-4H,1-2H3,(H,8,9,10,11,12). The highest BCUT2D eigenvalue weighted by atomic mass is 16.5. The Morgan fingerprint density at radius 2 is 2.15 bits per heavy atom. The summed E-state index contributed by atoms with van der Waals surface area (Å²) in [5.41, 5.74) is 1.09. The van der Waals surface area contributed by atoms with Gasteiger partial charge in [-0.2, -0.15) is 10.2 Å². The molecular weight excluding hydrogens is 170 g/mol. The maximum Gasteiger partial charge on any atom is 0.247 e. The fourth-order valence-electron chi connectivity index (χ4n) is 0.965. The minimum Gasteiger partial charge on any atom is -0.473 e. The first-order valence-corrected chi connectivity index (χ1v) is 3.95. The largest absolute Gasteiger partial charge is 0.473 e. The maximum absolute atomic E-state index is 5.41. The van der Waals surface area contributed by atoms with Crippen molar-refractivity contribution in [3.05, 3.63) is 6.33 Å². The third-order valence-corrected chi connectivity index (χ3v) is 1.43. The first-order chi connectivity index (χ1) is 6.27. The van der Waals surface area contributed by atoms with Crippen LogP contribution in [0.3, 0.4) is 0 Å². The van der Waals surface area contributed by atoms with Crippen molar-refractivity contribution < 1.29 is 4.74 Å². The van der Waals surface area contributed by atoms with Crippen molar-refractivity contribution in [3.63, 3.8) is 0 Å². The lowest BCUT2D eigenvalue weighted by Gasteiger charge is -2.06. The van der Waals surface area contributed by atoms with Gasteiger partial charge in [0.2, 0.25) is 11.5 Å². The highest BCUT2D eigenvalue weighted by molar-refractivity contribution is 5.73. The van der Waals surface area contributed by atoms with Crippen molar-refractivity contribution in [2.75, 3.05) is 0 Å². The van der Waals surface area contributed by atoms with Gasteiger partial charge in [-0.25, -0.2) is 4.98 Å². The van der Waals surface area contributed by atoms with Gasteiger partial charge in [0.05, 0.1) is 6.10 Å². The molecule has 0 aliphatic heterocycles. The molecular formula is C7H9N5O. The van der Waals surface area contributed by atoms with Crippen LogP contribution < -0.4 is 4.74 Å². The Bertz CT molecular complexity index is 410. The minimum atomic E-state index is 0.0646. The minimum absolute atomic E-state index is 0.0646. The molecule has 2 rings (SSSR count). The Balaban J connectivity index is 2.48. The summed E-state index contributed by atoms with van der Waals surface area (Å²) >= 11 is 0. The molecule has 2 aromatic rings. The molecule has 0 fully saturated rings. The monoisotopic (exact) mass is 179 g/mol. The van der Waals surface area contributed by atoms with Crippen LogP contribution in [-0.4, -0.2) is 31.5 Å². The Labute approximate surface area is 74.3 Å². The summed E-state index contributed by atoms with van der Waals surface area (Å²) in [6, 6.07) is 0. The number of rotatable bonds is 2. The first kappa shape index (κ1) is 7.90. The zero-order valence-corrected chi connectivity index (χ0v) is 7.35. The number of aromatic nitrogens is 5. The molecule has 0 aliphatic carbocycles. The van der Waals surface area contributed by atoms with Crippen molar-refractivity contribution in [1.29, 1.82) is 0 Å². The zero-order chi connectivity index (χ0) is 9.26. The molecule has 0 aromatic carbocycles. The molecule has 0 spiro atoms. The smallest absolute Gasteiger partial charge is 0.247 e. The van der Waals surface area contributed by atoms with Crippen molar-refractivity contribution in [3.8, 4) is 5.88 Å². The van der Waals surface area contributed by atoms with E-state index in [0.717, 1.165) is 0 Å². The zero-order valence-electron chi connectivity index (χ0n) is 7.35. The van der Waals surface area contributed by atoms with E-state index in [9.17, 15) is 0 Å². The van der Waals surface area contributed by atoms with Crippen LogP contribution in [-0.2, 0) is 0 Å². The molecule has 0 amide bonds. The summed E-state index contributed by atoms with van der Waals surface area (Å²) in [6.45, 7) is 3.85. The maximum atomic E-state index is 5.41. The lowest BCUT2D eigenvalue weighted by molar-refractivity contribution is 0.235. The highest BCUT2D eigenvalue weighted by Gasteiger charge is 2.09. The van der Waals surface area contributed by atoms with Crippen LogP contribution >= 0.6 is 0 Å². The third-order valence-electron chi connectivity index (χ3n) is 1.43. The van der Waals surface area contributed by atoms with Crippen LogP contribution in [0.25, 0.3) is 11.2 Å². The number of ether oxygens (including phenoxy) is 1. The summed E-state index contributed by atoms with van der Waals surface area (Å²) in [5.74, 6) is 0.466. The summed E-state index contributed by atoms with van der Waals surface area (Å²) in [5, 5.41) is 10.2. The molecule has 0 saturated heterocycles. The van der Waals surface area contributed by atoms with E-state index in [1.54, 1.807) is 0 Å². The van der Waals surface area contributed by atoms with Crippen molar-refractivity contribution in [1.82, 2.24) is 25.4 Å². The normalized spacial score (nSPS) is 11.0. The lowest BCUT2D eigenvalue weighted by Crippen LogP contribution is -2.07. The van der Waals surface area contributed by atoms with Gasteiger partial charge < -0.3 is 4.74 Å². The molecule has 0 atom stereocenters.